The quantitative estimate of drug-likeness (QED) is 0.351. The van der Waals surface area contributed by atoms with Crippen LogP contribution in [0.5, 0.6) is 17.2 Å². The van der Waals surface area contributed by atoms with E-state index in [4.69, 9.17) is 14.2 Å². The summed E-state index contributed by atoms with van der Waals surface area (Å²) in [6.07, 6.45) is 5.63. The number of rotatable bonds is 12. The van der Waals surface area contributed by atoms with Gasteiger partial charge in [-0.05, 0) is 79.8 Å². The van der Waals surface area contributed by atoms with Crippen LogP contribution >= 0.6 is 0 Å². The fourth-order valence-corrected chi connectivity index (χ4v) is 6.42. The molecule has 2 aromatic carbocycles. The molecule has 1 atom stereocenters. The van der Waals surface area contributed by atoms with Gasteiger partial charge in [0.2, 0.25) is 11.8 Å². The van der Waals surface area contributed by atoms with E-state index >= 15 is 0 Å². The SMILES string of the molecule is COc1cc(CN(CC2CCC(C(=O)O)CC2)C(C)c2ccc3c(c2)CCO3)ccc1OCCN1C(=O)CCCC1=O. The first-order chi connectivity index (χ1) is 20.3. The molecule has 1 saturated heterocycles. The normalized spacial score (nSPS) is 21.2. The zero-order valence-corrected chi connectivity index (χ0v) is 24.7. The lowest BCUT2D eigenvalue weighted by atomic mass is 9.81. The maximum atomic E-state index is 12.1. The van der Waals surface area contributed by atoms with Crippen molar-refractivity contribution >= 4 is 17.8 Å². The average Bonchev–Trinajstić information content (AvgIpc) is 3.47. The van der Waals surface area contributed by atoms with Crippen LogP contribution in [0.4, 0.5) is 0 Å². The van der Waals surface area contributed by atoms with Crippen molar-refractivity contribution in [2.24, 2.45) is 11.8 Å². The molecule has 2 amide bonds. The number of hydrogen-bond donors (Lipinski definition) is 1. The van der Waals surface area contributed by atoms with Crippen molar-refractivity contribution in [1.82, 2.24) is 9.80 Å². The largest absolute Gasteiger partial charge is 0.493 e. The standard InChI is InChI=1S/C33H42N2O7/c1-22(26-11-13-28-27(19-26)14-16-41-28)34(20-23-6-9-25(10-7-23)33(38)39)21-24-8-12-29(30(18-24)40-2)42-17-15-35-31(36)4-3-5-32(35)37/h8,11-13,18-19,22-23,25H,3-7,9-10,14-17,20-21H2,1-2H3,(H,38,39). The first kappa shape index (κ1) is 29.9. The second kappa shape index (κ2) is 13.6. The highest BCUT2D eigenvalue weighted by Gasteiger charge is 2.29. The number of imide groups is 1. The van der Waals surface area contributed by atoms with Gasteiger partial charge in [0.15, 0.2) is 11.5 Å². The van der Waals surface area contributed by atoms with Crippen LogP contribution in [0.25, 0.3) is 0 Å². The molecule has 42 heavy (non-hydrogen) atoms. The summed E-state index contributed by atoms with van der Waals surface area (Å²) >= 11 is 0. The number of methoxy groups -OCH3 is 1. The van der Waals surface area contributed by atoms with Gasteiger partial charge in [0.1, 0.15) is 12.4 Å². The summed E-state index contributed by atoms with van der Waals surface area (Å²) in [5.41, 5.74) is 3.57. The molecule has 226 valence electrons. The van der Waals surface area contributed by atoms with Crippen LogP contribution in [-0.4, -0.2) is 66.1 Å². The maximum absolute atomic E-state index is 12.1. The van der Waals surface area contributed by atoms with Gasteiger partial charge >= 0.3 is 5.97 Å². The van der Waals surface area contributed by atoms with Crippen molar-refractivity contribution in [3.05, 3.63) is 53.1 Å². The van der Waals surface area contributed by atoms with Crippen LogP contribution in [0.15, 0.2) is 36.4 Å². The fraction of sp³-hybridized carbons (Fsp3) is 0.545. The number of hydrogen-bond acceptors (Lipinski definition) is 7. The van der Waals surface area contributed by atoms with Gasteiger partial charge in [-0.25, -0.2) is 0 Å². The first-order valence-corrected chi connectivity index (χ1v) is 15.2. The van der Waals surface area contributed by atoms with Crippen molar-refractivity contribution in [3.8, 4) is 17.2 Å². The van der Waals surface area contributed by atoms with Gasteiger partial charge in [-0.15, -0.1) is 0 Å². The molecule has 0 spiro atoms. The minimum Gasteiger partial charge on any atom is -0.493 e. The lowest BCUT2D eigenvalue weighted by Gasteiger charge is -2.35. The Labute approximate surface area is 247 Å². The number of carboxylic acids is 1. The molecule has 1 saturated carbocycles. The molecule has 0 radical (unpaired) electrons. The third-order valence-corrected chi connectivity index (χ3v) is 9.00. The third kappa shape index (κ3) is 7.06. The Balaban J connectivity index is 1.28. The Bertz CT molecular complexity index is 1270. The van der Waals surface area contributed by atoms with Gasteiger partial charge in [-0.3, -0.25) is 24.2 Å². The number of nitrogens with zero attached hydrogens (tertiary/aromatic N) is 2. The highest BCUT2D eigenvalue weighted by atomic mass is 16.5. The topological polar surface area (TPSA) is 106 Å². The van der Waals surface area contributed by atoms with Crippen molar-refractivity contribution < 1.29 is 33.7 Å². The summed E-state index contributed by atoms with van der Waals surface area (Å²) in [4.78, 5) is 39.5. The molecule has 3 aliphatic rings. The highest BCUT2D eigenvalue weighted by Crippen LogP contribution is 2.36. The number of fused-ring (bicyclic) bond motifs is 1. The lowest BCUT2D eigenvalue weighted by molar-refractivity contribution is -0.148. The minimum absolute atomic E-state index is 0.140. The summed E-state index contributed by atoms with van der Waals surface area (Å²) in [6, 6.07) is 12.5. The molecule has 5 rings (SSSR count). The number of ether oxygens (including phenoxy) is 3. The van der Waals surface area contributed by atoms with Gasteiger partial charge in [-0.1, -0.05) is 18.2 Å². The number of carboxylic acid groups (broad SMARTS) is 1. The van der Waals surface area contributed by atoms with Crippen LogP contribution < -0.4 is 14.2 Å². The zero-order chi connectivity index (χ0) is 29.6. The maximum Gasteiger partial charge on any atom is 0.306 e. The van der Waals surface area contributed by atoms with E-state index in [0.717, 1.165) is 56.6 Å². The van der Waals surface area contributed by atoms with E-state index in [-0.39, 0.29) is 36.9 Å². The number of aliphatic carboxylic acids is 1. The van der Waals surface area contributed by atoms with Gasteiger partial charge in [0.05, 0.1) is 26.2 Å². The van der Waals surface area contributed by atoms with Crippen LogP contribution in [0, 0.1) is 11.8 Å². The second-order valence-corrected chi connectivity index (χ2v) is 11.8. The fourth-order valence-electron chi connectivity index (χ4n) is 6.42. The molecular weight excluding hydrogens is 536 g/mol. The van der Waals surface area contributed by atoms with E-state index in [1.807, 2.05) is 18.2 Å². The first-order valence-electron chi connectivity index (χ1n) is 15.2. The van der Waals surface area contributed by atoms with Crippen LogP contribution in [0.1, 0.15) is 74.6 Å². The molecular formula is C33H42N2O7. The Morgan fingerprint density at radius 2 is 1.81 bits per heavy atom. The molecule has 0 bridgehead atoms. The van der Waals surface area contributed by atoms with Crippen molar-refractivity contribution in [3.63, 3.8) is 0 Å². The van der Waals surface area contributed by atoms with Gasteiger partial charge in [0.25, 0.3) is 0 Å². The van der Waals surface area contributed by atoms with E-state index in [1.165, 1.54) is 16.0 Å². The van der Waals surface area contributed by atoms with Crippen LogP contribution in [-0.2, 0) is 27.3 Å². The van der Waals surface area contributed by atoms with Crippen molar-refractivity contribution in [1.29, 1.82) is 0 Å². The molecule has 2 aromatic rings. The molecule has 2 fully saturated rings. The van der Waals surface area contributed by atoms with E-state index in [1.54, 1.807) is 7.11 Å². The average molecular weight is 579 g/mol. The second-order valence-electron chi connectivity index (χ2n) is 11.8. The Kier molecular flexibility index (Phi) is 9.67. The molecule has 9 nitrogen and oxygen atoms in total. The van der Waals surface area contributed by atoms with Gasteiger partial charge in [0, 0.05) is 38.4 Å². The van der Waals surface area contributed by atoms with Crippen LogP contribution in [0.2, 0.25) is 0 Å². The summed E-state index contributed by atoms with van der Waals surface area (Å²) in [6.45, 7) is 4.96. The number of amides is 2. The van der Waals surface area contributed by atoms with Crippen molar-refractivity contribution in [2.75, 3.05) is 33.4 Å². The number of likely N-dealkylation sites (tertiary alicyclic amines) is 1. The highest BCUT2D eigenvalue weighted by molar-refractivity contribution is 5.97. The summed E-state index contributed by atoms with van der Waals surface area (Å²) in [7, 11) is 1.61. The van der Waals surface area contributed by atoms with E-state index in [2.05, 4.69) is 30.0 Å². The predicted octanol–water partition coefficient (Wildman–Crippen LogP) is 5.00. The molecule has 2 heterocycles. The van der Waals surface area contributed by atoms with Gasteiger partial charge < -0.3 is 19.3 Å². The van der Waals surface area contributed by atoms with E-state index in [0.29, 0.717) is 43.2 Å². The summed E-state index contributed by atoms with van der Waals surface area (Å²) in [5, 5.41) is 9.46. The zero-order valence-electron chi connectivity index (χ0n) is 24.7. The molecule has 2 aliphatic heterocycles. The predicted molar refractivity (Wildman–Crippen MR) is 157 cm³/mol. The van der Waals surface area contributed by atoms with Crippen molar-refractivity contribution in [2.45, 2.75) is 70.9 Å². The molecule has 1 unspecified atom stereocenters. The number of carbonyl (C=O) groups is 3. The molecule has 1 N–H and O–H groups in total. The van der Waals surface area contributed by atoms with E-state index < -0.39 is 5.97 Å². The van der Waals surface area contributed by atoms with Gasteiger partial charge in [-0.2, -0.15) is 0 Å². The van der Waals surface area contributed by atoms with Crippen LogP contribution in [0.3, 0.4) is 0 Å². The smallest absolute Gasteiger partial charge is 0.306 e. The number of piperidine rings is 1. The van der Waals surface area contributed by atoms with E-state index in [9.17, 15) is 19.5 Å². The third-order valence-electron chi connectivity index (χ3n) is 9.00. The minimum atomic E-state index is -0.678. The molecule has 1 aliphatic carbocycles. The number of carbonyl (C=O) groups excluding carboxylic acids is 2. The summed E-state index contributed by atoms with van der Waals surface area (Å²) in [5.74, 6) is 1.40. The Hall–Kier alpha value is -3.59. The molecule has 9 heteroatoms. The Morgan fingerprint density at radius 1 is 1.05 bits per heavy atom. The Morgan fingerprint density at radius 3 is 2.52 bits per heavy atom. The lowest BCUT2D eigenvalue weighted by Crippen LogP contribution is -2.42. The molecule has 0 aromatic heterocycles. The number of benzene rings is 2. The monoisotopic (exact) mass is 578 g/mol. The summed E-state index contributed by atoms with van der Waals surface area (Å²) < 4.78 is 17.4.